The molecule has 3 aromatic rings. The van der Waals surface area contributed by atoms with Crippen LogP contribution in [0.5, 0.6) is 0 Å². The summed E-state index contributed by atoms with van der Waals surface area (Å²) in [4.78, 5) is 23.6. The van der Waals surface area contributed by atoms with Crippen LogP contribution in [-0.2, 0) is 11.3 Å². The van der Waals surface area contributed by atoms with Crippen LogP contribution in [0.3, 0.4) is 0 Å². The monoisotopic (exact) mass is 317 g/mol. The maximum absolute atomic E-state index is 10.8. The van der Waals surface area contributed by atoms with Crippen molar-refractivity contribution in [1.82, 2.24) is 29.9 Å². The summed E-state index contributed by atoms with van der Waals surface area (Å²) in [5.74, 6) is 0.949. The Balaban J connectivity index is 1.57. The maximum atomic E-state index is 10.8. The first-order valence-corrected chi connectivity index (χ1v) is 7.54. The summed E-state index contributed by atoms with van der Waals surface area (Å²) in [5.41, 5.74) is 5.77. The molecule has 2 N–H and O–H groups in total. The van der Waals surface area contributed by atoms with Crippen LogP contribution in [0.2, 0.25) is 0 Å². The fraction of sp³-hybridized carbons (Fsp3) is 0.333. The molecule has 9 nitrogen and oxygen atoms in total. The molecule has 0 bridgehead atoms. The van der Waals surface area contributed by atoms with Crippen LogP contribution in [-0.4, -0.2) is 35.8 Å². The van der Waals surface area contributed by atoms with Gasteiger partial charge in [-0.15, -0.1) is 16.4 Å². The van der Waals surface area contributed by atoms with E-state index in [1.807, 2.05) is 5.38 Å². The summed E-state index contributed by atoms with van der Waals surface area (Å²) >= 11 is 1.61. The van der Waals surface area contributed by atoms with Crippen LogP contribution < -0.4 is 5.73 Å². The van der Waals surface area contributed by atoms with Crippen molar-refractivity contribution in [3.8, 4) is 23.2 Å². The van der Waals surface area contributed by atoms with Crippen molar-refractivity contribution in [3.05, 3.63) is 16.7 Å². The second kappa shape index (κ2) is 4.98. The summed E-state index contributed by atoms with van der Waals surface area (Å²) in [7, 11) is 0. The minimum absolute atomic E-state index is 0.0471. The molecule has 0 radical (unpaired) electrons. The Morgan fingerprint density at radius 3 is 3.05 bits per heavy atom. The fourth-order valence-corrected chi connectivity index (χ4v) is 2.92. The summed E-state index contributed by atoms with van der Waals surface area (Å²) in [6.45, 7) is -0.0471. The Morgan fingerprint density at radius 2 is 2.27 bits per heavy atom. The standard InChI is InChI=1S/C12H11N7O2S/c13-8(20)3-19-5-14-9(17-19)10-16-11(21-18-10)7-4-22-12(15-7)6-1-2-6/h4-6H,1-3H2,(H2,13,20). The van der Waals surface area contributed by atoms with Gasteiger partial charge in [-0.25, -0.2) is 14.6 Å². The highest BCUT2D eigenvalue weighted by molar-refractivity contribution is 7.10. The van der Waals surface area contributed by atoms with E-state index in [1.165, 1.54) is 23.9 Å². The molecule has 0 unspecified atom stereocenters. The molecule has 10 heteroatoms. The van der Waals surface area contributed by atoms with E-state index >= 15 is 0 Å². The third-order valence-electron chi connectivity index (χ3n) is 3.15. The van der Waals surface area contributed by atoms with Gasteiger partial charge in [-0.05, 0) is 12.8 Å². The van der Waals surface area contributed by atoms with Gasteiger partial charge < -0.3 is 10.3 Å². The van der Waals surface area contributed by atoms with Crippen molar-refractivity contribution >= 4 is 17.2 Å². The lowest BCUT2D eigenvalue weighted by Crippen LogP contribution is -2.18. The molecular formula is C12H11N7O2S. The van der Waals surface area contributed by atoms with E-state index in [-0.39, 0.29) is 18.2 Å². The second-order valence-electron chi connectivity index (χ2n) is 5.00. The van der Waals surface area contributed by atoms with Crippen molar-refractivity contribution < 1.29 is 9.32 Å². The van der Waals surface area contributed by atoms with Crippen molar-refractivity contribution in [2.45, 2.75) is 25.3 Å². The highest BCUT2D eigenvalue weighted by atomic mass is 32.1. The zero-order valence-corrected chi connectivity index (χ0v) is 12.2. The van der Waals surface area contributed by atoms with E-state index < -0.39 is 5.91 Å². The predicted molar refractivity (Wildman–Crippen MR) is 75.6 cm³/mol. The van der Waals surface area contributed by atoms with Gasteiger partial charge >= 0.3 is 0 Å². The Labute approximate surface area is 128 Å². The number of rotatable bonds is 5. The van der Waals surface area contributed by atoms with Gasteiger partial charge in [0.15, 0.2) is 0 Å². The molecule has 0 spiro atoms. The number of amides is 1. The predicted octanol–water partition coefficient (Wildman–Crippen LogP) is 0.814. The van der Waals surface area contributed by atoms with E-state index in [0.717, 1.165) is 5.01 Å². The van der Waals surface area contributed by atoms with E-state index in [9.17, 15) is 4.79 Å². The number of nitrogens with zero attached hydrogens (tertiary/aromatic N) is 6. The average molecular weight is 317 g/mol. The molecule has 112 valence electrons. The second-order valence-corrected chi connectivity index (χ2v) is 5.89. The quantitative estimate of drug-likeness (QED) is 0.738. The molecule has 1 saturated carbocycles. The zero-order valence-electron chi connectivity index (χ0n) is 11.3. The van der Waals surface area contributed by atoms with Crippen molar-refractivity contribution in [1.29, 1.82) is 0 Å². The van der Waals surface area contributed by atoms with Crippen LogP contribution in [0.25, 0.3) is 23.2 Å². The normalized spacial score (nSPS) is 14.4. The Kier molecular flexibility index (Phi) is 2.96. The number of thiazole rings is 1. The number of hydrogen-bond donors (Lipinski definition) is 1. The van der Waals surface area contributed by atoms with Gasteiger partial charge in [-0.1, -0.05) is 5.16 Å². The molecular weight excluding hydrogens is 306 g/mol. The number of primary amides is 1. The third kappa shape index (κ3) is 2.48. The van der Waals surface area contributed by atoms with Gasteiger partial charge in [0.05, 0.1) is 5.01 Å². The molecule has 22 heavy (non-hydrogen) atoms. The first-order chi connectivity index (χ1) is 10.7. The minimum atomic E-state index is -0.500. The van der Waals surface area contributed by atoms with Crippen LogP contribution in [0.1, 0.15) is 23.8 Å². The average Bonchev–Trinajstić information content (AvgIpc) is 2.95. The van der Waals surface area contributed by atoms with E-state index in [2.05, 4.69) is 25.2 Å². The van der Waals surface area contributed by atoms with Gasteiger partial charge in [0, 0.05) is 11.3 Å². The first-order valence-electron chi connectivity index (χ1n) is 6.66. The lowest BCUT2D eigenvalue weighted by Gasteiger charge is -1.92. The van der Waals surface area contributed by atoms with Gasteiger partial charge in [0.25, 0.3) is 5.89 Å². The Hall–Kier alpha value is -2.62. The summed E-state index contributed by atoms with van der Waals surface area (Å²) in [6, 6.07) is 0. The van der Waals surface area contributed by atoms with Gasteiger partial charge in [0.1, 0.15) is 18.6 Å². The lowest BCUT2D eigenvalue weighted by molar-refractivity contribution is -0.118. The van der Waals surface area contributed by atoms with Crippen LogP contribution in [0, 0.1) is 0 Å². The number of hydrogen-bond acceptors (Lipinski definition) is 8. The summed E-state index contributed by atoms with van der Waals surface area (Å²) in [6.07, 6.45) is 3.79. The first kappa shape index (κ1) is 13.1. The number of nitrogens with two attached hydrogens (primary N) is 1. The van der Waals surface area contributed by atoms with Gasteiger partial charge in [-0.3, -0.25) is 4.79 Å². The van der Waals surface area contributed by atoms with Gasteiger partial charge in [0.2, 0.25) is 17.6 Å². The largest absolute Gasteiger partial charge is 0.368 e. The number of aromatic nitrogens is 6. The van der Waals surface area contributed by atoms with E-state index in [0.29, 0.717) is 17.5 Å². The smallest absolute Gasteiger partial charge is 0.277 e. The molecule has 0 aliphatic heterocycles. The van der Waals surface area contributed by atoms with Crippen LogP contribution >= 0.6 is 11.3 Å². The van der Waals surface area contributed by atoms with Gasteiger partial charge in [-0.2, -0.15) is 4.98 Å². The highest BCUT2D eigenvalue weighted by Gasteiger charge is 2.27. The molecule has 1 aliphatic carbocycles. The zero-order chi connectivity index (χ0) is 15.1. The Morgan fingerprint density at radius 1 is 1.41 bits per heavy atom. The fourth-order valence-electron chi connectivity index (χ4n) is 1.95. The molecule has 3 aromatic heterocycles. The van der Waals surface area contributed by atoms with Crippen molar-refractivity contribution in [2.24, 2.45) is 5.73 Å². The molecule has 4 rings (SSSR count). The van der Waals surface area contributed by atoms with Crippen LogP contribution in [0.4, 0.5) is 0 Å². The SMILES string of the molecule is NC(=O)Cn1cnc(-c2noc(-c3csc(C4CC4)n3)n2)n1. The topological polar surface area (TPSA) is 126 Å². The summed E-state index contributed by atoms with van der Waals surface area (Å²) < 4.78 is 6.53. The molecule has 1 fully saturated rings. The number of carbonyl (C=O) groups excluding carboxylic acids is 1. The molecule has 3 heterocycles. The number of carbonyl (C=O) groups is 1. The van der Waals surface area contributed by atoms with Crippen molar-refractivity contribution in [3.63, 3.8) is 0 Å². The highest BCUT2D eigenvalue weighted by Crippen LogP contribution is 2.42. The van der Waals surface area contributed by atoms with E-state index in [4.69, 9.17) is 10.3 Å². The third-order valence-corrected chi connectivity index (χ3v) is 4.16. The van der Waals surface area contributed by atoms with Crippen LogP contribution in [0.15, 0.2) is 16.2 Å². The molecule has 1 aliphatic rings. The summed E-state index contributed by atoms with van der Waals surface area (Å²) in [5, 5.41) is 10.9. The van der Waals surface area contributed by atoms with E-state index in [1.54, 1.807) is 11.3 Å². The Bertz CT molecular complexity index is 832. The minimum Gasteiger partial charge on any atom is -0.368 e. The van der Waals surface area contributed by atoms with Crippen molar-refractivity contribution in [2.75, 3.05) is 0 Å². The molecule has 1 amide bonds. The molecule has 0 aromatic carbocycles. The maximum Gasteiger partial charge on any atom is 0.277 e. The molecule has 0 atom stereocenters. The molecule has 0 saturated heterocycles. The lowest BCUT2D eigenvalue weighted by atomic mass is 10.4.